The van der Waals surface area contributed by atoms with Gasteiger partial charge in [0.15, 0.2) is 0 Å². The summed E-state index contributed by atoms with van der Waals surface area (Å²) in [7, 11) is 0. The van der Waals surface area contributed by atoms with Crippen molar-refractivity contribution in [2.75, 3.05) is 13.1 Å². The molecule has 4 nitrogen and oxygen atoms in total. The van der Waals surface area contributed by atoms with Crippen LogP contribution in [0, 0.1) is 0 Å². The zero-order valence-corrected chi connectivity index (χ0v) is 15.1. The average Bonchev–Trinajstić information content (AvgIpc) is 2.86. The first-order valence-electron chi connectivity index (χ1n) is 8.62. The van der Waals surface area contributed by atoms with Crippen LogP contribution in [0.4, 0.5) is 0 Å². The lowest BCUT2D eigenvalue weighted by Crippen LogP contribution is -2.36. The number of benzene rings is 1. The number of fused-ring (bicyclic) bond motifs is 1. The summed E-state index contributed by atoms with van der Waals surface area (Å²) in [6.45, 7) is 12.7. The van der Waals surface area contributed by atoms with Crippen LogP contribution < -0.4 is 0 Å². The van der Waals surface area contributed by atoms with Crippen LogP contribution in [0.25, 0.3) is 11.0 Å². The second-order valence-electron chi connectivity index (χ2n) is 7.14. The van der Waals surface area contributed by atoms with Gasteiger partial charge >= 0.3 is 0 Å². The first kappa shape index (κ1) is 17.5. The van der Waals surface area contributed by atoms with Crippen molar-refractivity contribution in [3.05, 3.63) is 30.1 Å². The highest BCUT2D eigenvalue weighted by molar-refractivity contribution is 5.81. The van der Waals surface area contributed by atoms with E-state index in [2.05, 4.69) is 45.3 Å². The molecule has 0 N–H and O–H groups in total. The largest absolute Gasteiger partial charge is 0.341 e. The standard InChI is InChI=1S/C19H29N3O/c1-6-12-21(13-7-2)17(23)14-22-16-11-9-8-10-15(16)20-18(22)19(3,4)5/h8-11H,6-7,12-14H2,1-5H3. The average molecular weight is 315 g/mol. The van der Waals surface area contributed by atoms with E-state index in [0.717, 1.165) is 42.8 Å². The molecule has 0 atom stereocenters. The molecule has 0 fully saturated rings. The van der Waals surface area contributed by atoms with Crippen molar-refractivity contribution in [1.29, 1.82) is 0 Å². The van der Waals surface area contributed by atoms with Crippen molar-refractivity contribution < 1.29 is 4.79 Å². The number of aromatic nitrogens is 2. The van der Waals surface area contributed by atoms with Gasteiger partial charge in [0.2, 0.25) is 5.91 Å². The van der Waals surface area contributed by atoms with E-state index in [4.69, 9.17) is 4.98 Å². The van der Waals surface area contributed by atoms with Crippen molar-refractivity contribution in [3.63, 3.8) is 0 Å². The predicted octanol–water partition coefficient (Wildman–Crippen LogP) is 3.98. The Bertz CT molecular complexity index is 661. The molecule has 0 saturated carbocycles. The molecular weight excluding hydrogens is 286 g/mol. The minimum atomic E-state index is -0.0976. The number of amides is 1. The van der Waals surface area contributed by atoms with Gasteiger partial charge in [0, 0.05) is 18.5 Å². The van der Waals surface area contributed by atoms with Crippen LogP contribution in [-0.4, -0.2) is 33.4 Å². The summed E-state index contributed by atoms with van der Waals surface area (Å²) in [6, 6.07) is 8.07. The Hall–Kier alpha value is -1.84. The molecular formula is C19H29N3O. The second kappa shape index (κ2) is 7.16. The molecule has 1 aromatic heterocycles. The fourth-order valence-electron chi connectivity index (χ4n) is 2.94. The van der Waals surface area contributed by atoms with Gasteiger partial charge < -0.3 is 9.47 Å². The Morgan fingerprint density at radius 2 is 1.74 bits per heavy atom. The van der Waals surface area contributed by atoms with Gasteiger partial charge in [0.05, 0.1) is 11.0 Å². The van der Waals surface area contributed by atoms with Crippen LogP contribution in [-0.2, 0) is 16.8 Å². The molecule has 0 spiro atoms. The molecule has 1 heterocycles. The highest BCUT2D eigenvalue weighted by atomic mass is 16.2. The maximum atomic E-state index is 12.8. The molecule has 0 radical (unpaired) electrons. The minimum absolute atomic E-state index is 0.0976. The summed E-state index contributed by atoms with van der Waals surface area (Å²) in [4.78, 5) is 19.5. The first-order chi connectivity index (χ1) is 10.9. The summed E-state index contributed by atoms with van der Waals surface area (Å²) in [5, 5.41) is 0. The van der Waals surface area contributed by atoms with Crippen LogP contribution in [0.1, 0.15) is 53.3 Å². The molecule has 23 heavy (non-hydrogen) atoms. The van der Waals surface area contributed by atoms with E-state index in [1.807, 2.05) is 23.1 Å². The predicted molar refractivity (Wildman–Crippen MR) is 95.6 cm³/mol. The number of para-hydroxylation sites is 2. The van der Waals surface area contributed by atoms with Crippen molar-refractivity contribution in [1.82, 2.24) is 14.5 Å². The highest BCUT2D eigenvalue weighted by Gasteiger charge is 2.25. The Labute approximate surface area is 139 Å². The van der Waals surface area contributed by atoms with E-state index in [0.29, 0.717) is 6.54 Å². The molecule has 126 valence electrons. The van der Waals surface area contributed by atoms with Crippen LogP contribution in [0.2, 0.25) is 0 Å². The topological polar surface area (TPSA) is 38.1 Å². The van der Waals surface area contributed by atoms with E-state index in [1.54, 1.807) is 0 Å². The maximum Gasteiger partial charge on any atom is 0.242 e. The number of hydrogen-bond acceptors (Lipinski definition) is 2. The highest BCUT2D eigenvalue weighted by Crippen LogP contribution is 2.26. The van der Waals surface area contributed by atoms with E-state index in [9.17, 15) is 4.79 Å². The summed E-state index contributed by atoms with van der Waals surface area (Å²) in [5.41, 5.74) is 1.90. The molecule has 1 aromatic carbocycles. The van der Waals surface area contributed by atoms with Gasteiger partial charge in [0.25, 0.3) is 0 Å². The van der Waals surface area contributed by atoms with Crippen LogP contribution in [0.5, 0.6) is 0 Å². The van der Waals surface area contributed by atoms with Gasteiger partial charge in [-0.2, -0.15) is 0 Å². The lowest BCUT2D eigenvalue weighted by Gasteiger charge is -2.24. The molecule has 0 unspecified atom stereocenters. The number of hydrogen-bond donors (Lipinski definition) is 0. The van der Waals surface area contributed by atoms with Crippen LogP contribution in [0.15, 0.2) is 24.3 Å². The summed E-state index contributed by atoms with van der Waals surface area (Å²) >= 11 is 0. The lowest BCUT2D eigenvalue weighted by molar-refractivity contribution is -0.131. The van der Waals surface area contributed by atoms with Gasteiger partial charge in [-0.3, -0.25) is 4.79 Å². The normalized spacial score (nSPS) is 11.9. The molecule has 1 amide bonds. The third kappa shape index (κ3) is 3.92. The smallest absolute Gasteiger partial charge is 0.242 e. The monoisotopic (exact) mass is 315 g/mol. The van der Waals surface area contributed by atoms with Gasteiger partial charge in [0.1, 0.15) is 12.4 Å². The van der Waals surface area contributed by atoms with Gasteiger partial charge in [-0.05, 0) is 25.0 Å². The lowest BCUT2D eigenvalue weighted by atomic mass is 9.95. The van der Waals surface area contributed by atoms with Gasteiger partial charge in [-0.1, -0.05) is 46.8 Å². The Balaban J connectivity index is 2.39. The molecule has 0 aliphatic carbocycles. The Kier molecular flexibility index (Phi) is 5.45. The molecule has 0 aliphatic rings. The van der Waals surface area contributed by atoms with Gasteiger partial charge in [-0.25, -0.2) is 4.98 Å². The fourth-order valence-corrected chi connectivity index (χ4v) is 2.94. The van der Waals surface area contributed by atoms with Crippen molar-refractivity contribution in [2.45, 2.75) is 59.4 Å². The SMILES string of the molecule is CCCN(CCC)C(=O)Cn1c(C(C)(C)C)nc2ccccc21. The summed E-state index contributed by atoms with van der Waals surface area (Å²) < 4.78 is 2.09. The fraction of sp³-hybridized carbons (Fsp3) is 0.579. The number of carbonyl (C=O) groups is 1. The molecule has 2 rings (SSSR count). The minimum Gasteiger partial charge on any atom is -0.341 e. The Morgan fingerprint density at radius 1 is 1.13 bits per heavy atom. The number of carbonyl (C=O) groups excluding carboxylic acids is 1. The number of rotatable bonds is 6. The summed E-state index contributed by atoms with van der Waals surface area (Å²) in [5.74, 6) is 1.15. The third-order valence-corrected chi connectivity index (χ3v) is 3.96. The zero-order chi connectivity index (χ0) is 17.0. The van der Waals surface area contributed by atoms with E-state index >= 15 is 0 Å². The number of nitrogens with zero attached hydrogens (tertiary/aromatic N) is 3. The van der Waals surface area contributed by atoms with Crippen LogP contribution >= 0.6 is 0 Å². The van der Waals surface area contributed by atoms with Crippen molar-refractivity contribution in [2.24, 2.45) is 0 Å². The van der Waals surface area contributed by atoms with Gasteiger partial charge in [-0.15, -0.1) is 0 Å². The molecule has 0 aliphatic heterocycles. The van der Waals surface area contributed by atoms with Crippen LogP contribution in [0.3, 0.4) is 0 Å². The summed E-state index contributed by atoms with van der Waals surface area (Å²) in [6.07, 6.45) is 1.98. The maximum absolute atomic E-state index is 12.8. The van der Waals surface area contributed by atoms with E-state index in [-0.39, 0.29) is 11.3 Å². The third-order valence-electron chi connectivity index (χ3n) is 3.96. The van der Waals surface area contributed by atoms with E-state index < -0.39 is 0 Å². The Morgan fingerprint density at radius 3 is 2.30 bits per heavy atom. The molecule has 2 aromatic rings. The molecule has 0 saturated heterocycles. The molecule has 0 bridgehead atoms. The molecule has 4 heteroatoms. The van der Waals surface area contributed by atoms with Crippen molar-refractivity contribution >= 4 is 16.9 Å². The zero-order valence-electron chi connectivity index (χ0n) is 15.1. The second-order valence-corrected chi connectivity index (χ2v) is 7.14. The van der Waals surface area contributed by atoms with Crippen molar-refractivity contribution in [3.8, 4) is 0 Å². The number of imidazole rings is 1. The quantitative estimate of drug-likeness (QED) is 0.808. The first-order valence-corrected chi connectivity index (χ1v) is 8.62. The van der Waals surface area contributed by atoms with E-state index in [1.165, 1.54) is 0 Å².